The first-order valence-corrected chi connectivity index (χ1v) is 12.1. The van der Waals surface area contributed by atoms with E-state index in [1.54, 1.807) is 17.0 Å². The number of fused-ring (bicyclic) bond motifs is 1. The Balaban J connectivity index is 1.29. The molecule has 5 nitrogen and oxygen atoms in total. The van der Waals surface area contributed by atoms with Gasteiger partial charge in [0.05, 0.1) is 6.61 Å². The maximum absolute atomic E-state index is 12.4. The normalized spacial score (nSPS) is 12.7. The van der Waals surface area contributed by atoms with Crippen molar-refractivity contribution in [1.29, 1.82) is 0 Å². The highest BCUT2D eigenvalue weighted by atomic mass is 16.5. The van der Waals surface area contributed by atoms with Crippen molar-refractivity contribution < 1.29 is 14.3 Å². The number of amides is 2. The summed E-state index contributed by atoms with van der Waals surface area (Å²) in [5.74, 6) is 0.696. The van der Waals surface area contributed by atoms with E-state index in [2.05, 4.69) is 12.2 Å². The molecule has 2 aromatic carbocycles. The third-order valence-electron chi connectivity index (χ3n) is 5.95. The van der Waals surface area contributed by atoms with Crippen molar-refractivity contribution in [3.63, 3.8) is 0 Å². The SMILES string of the molecule is CCCCCCCCCCOc1ccc(C(=O)NCCN2Cc3ccccc3C2=O)cc1. The number of hydrogen-bond acceptors (Lipinski definition) is 3. The second-order valence-electron chi connectivity index (χ2n) is 8.49. The monoisotopic (exact) mass is 436 g/mol. The van der Waals surface area contributed by atoms with Crippen molar-refractivity contribution in [3.8, 4) is 5.75 Å². The Morgan fingerprint density at radius 2 is 1.62 bits per heavy atom. The molecule has 0 fully saturated rings. The molecule has 1 heterocycles. The second-order valence-corrected chi connectivity index (χ2v) is 8.49. The van der Waals surface area contributed by atoms with E-state index < -0.39 is 0 Å². The molecule has 0 saturated heterocycles. The van der Waals surface area contributed by atoms with Gasteiger partial charge in [-0.3, -0.25) is 9.59 Å². The molecule has 0 radical (unpaired) electrons. The van der Waals surface area contributed by atoms with Gasteiger partial charge >= 0.3 is 0 Å². The highest BCUT2D eigenvalue weighted by Crippen LogP contribution is 2.21. The second kappa shape index (κ2) is 12.9. The number of unbranched alkanes of at least 4 members (excludes halogenated alkanes) is 7. The van der Waals surface area contributed by atoms with E-state index in [0.29, 0.717) is 31.8 Å². The molecule has 0 atom stereocenters. The van der Waals surface area contributed by atoms with Gasteiger partial charge in [0.15, 0.2) is 0 Å². The van der Waals surface area contributed by atoms with E-state index >= 15 is 0 Å². The molecule has 32 heavy (non-hydrogen) atoms. The lowest BCUT2D eigenvalue weighted by atomic mass is 10.1. The summed E-state index contributed by atoms with van der Waals surface area (Å²) in [6, 6.07) is 14.9. The average Bonchev–Trinajstić information content (AvgIpc) is 3.14. The predicted molar refractivity (Wildman–Crippen MR) is 128 cm³/mol. The van der Waals surface area contributed by atoms with Crippen molar-refractivity contribution in [3.05, 3.63) is 65.2 Å². The highest BCUT2D eigenvalue weighted by molar-refractivity contribution is 5.98. The van der Waals surface area contributed by atoms with Crippen LogP contribution in [0.5, 0.6) is 5.75 Å². The first kappa shape index (κ1) is 23.8. The van der Waals surface area contributed by atoms with Gasteiger partial charge in [-0.15, -0.1) is 0 Å². The maximum Gasteiger partial charge on any atom is 0.254 e. The first-order valence-electron chi connectivity index (χ1n) is 12.1. The summed E-state index contributed by atoms with van der Waals surface area (Å²) in [5.41, 5.74) is 2.41. The molecule has 172 valence electrons. The zero-order chi connectivity index (χ0) is 22.6. The zero-order valence-corrected chi connectivity index (χ0v) is 19.3. The lowest BCUT2D eigenvalue weighted by Gasteiger charge is -2.16. The molecule has 5 heteroatoms. The van der Waals surface area contributed by atoms with Gasteiger partial charge in [0.25, 0.3) is 11.8 Å². The summed E-state index contributed by atoms with van der Waals surface area (Å²) in [4.78, 5) is 26.5. The van der Waals surface area contributed by atoms with Crippen LogP contribution in [0.1, 0.15) is 84.6 Å². The minimum Gasteiger partial charge on any atom is -0.494 e. The van der Waals surface area contributed by atoms with E-state index in [1.807, 2.05) is 36.4 Å². The van der Waals surface area contributed by atoms with E-state index in [-0.39, 0.29) is 11.8 Å². The molecule has 3 rings (SSSR count). The van der Waals surface area contributed by atoms with Crippen LogP contribution in [0, 0.1) is 0 Å². The van der Waals surface area contributed by atoms with Crippen LogP contribution in [-0.2, 0) is 6.54 Å². The van der Waals surface area contributed by atoms with Crippen molar-refractivity contribution in [1.82, 2.24) is 10.2 Å². The first-order chi connectivity index (χ1) is 15.7. The number of nitrogens with one attached hydrogen (secondary N) is 1. The quantitative estimate of drug-likeness (QED) is 0.393. The van der Waals surface area contributed by atoms with Crippen molar-refractivity contribution in [2.45, 2.75) is 64.8 Å². The molecule has 0 unspecified atom stereocenters. The maximum atomic E-state index is 12.4. The number of ether oxygens (including phenoxy) is 1. The molecule has 1 aliphatic rings. The molecule has 2 aromatic rings. The van der Waals surface area contributed by atoms with Crippen molar-refractivity contribution in [2.24, 2.45) is 0 Å². The Bertz CT molecular complexity index is 863. The Morgan fingerprint density at radius 1 is 0.938 bits per heavy atom. The van der Waals surface area contributed by atoms with Gasteiger partial charge in [0, 0.05) is 30.8 Å². The van der Waals surface area contributed by atoms with Crippen LogP contribution in [-0.4, -0.2) is 36.4 Å². The van der Waals surface area contributed by atoms with Crippen LogP contribution in [0.2, 0.25) is 0 Å². The smallest absolute Gasteiger partial charge is 0.254 e. The molecule has 0 saturated carbocycles. The standard InChI is InChI=1S/C27H36N2O3/c1-2-3-4-5-6-7-8-11-20-32-24-16-14-22(15-17-24)26(30)28-18-19-29-21-23-12-9-10-13-25(23)27(29)31/h9-10,12-17H,2-8,11,18-21H2,1H3,(H,28,30). The number of carbonyl (C=O) groups excluding carboxylic acids is 2. The molecular formula is C27H36N2O3. The lowest BCUT2D eigenvalue weighted by Crippen LogP contribution is -2.35. The summed E-state index contributed by atoms with van der Waals surface area (Å²) in [5, 5.41) is 2.90. The van der Waals surface area contributed by atoms with E-state index in [9.17, 15) is 9.59 Å². The fourth-order valence-corrected chi connectivity index (χ4v) is 4.03. The Hall–Kier alpha value is -2.82. The van der Waals surface area contributed by atoms with Crippen molar-refractivity contribution >= 4 is 11.8 Å². The van der Waals surface area contributed by atoms with Crippen LogP contribution in [0.25, 0.3) is 0 Å². The van der Waals surface area contributed by atoms with E-state index in [0.717, 1.165) is 23.3 Å². The Morgan fingerprint density at radius 3 is 2.34 bits per heavy atom. The minimum absolute atomic E-state index is 0.0350. The number of hydrogen-bond donors (Lipinski definition) is 1. The average molecular weight is 437 g/mol. The number of rotatable bonds is 14. The van der Waals surface area contributed by atoms with Crippen LogP contribution in [0.15, 0.2) is 48.5 Å². The van der Waals surface area contributed by atoms with Gasteiger partial charge in [-0.05, 0) is 42.3 Å². The fourth-order valence-electron chi connectivity index (χ4n) is 4.03. The van der Waals surface area contributed by atoms with Gasteiger partial charge in [-0.2, -0.15) is 0 Å². The Kier molecular flexibility index (Phi) is 9.60. The van der Waals surface area contributed by atoms with Gasteiger partial charge < -0.3 is 15.0 Å². The van der Waals surface area contributed by atoms with Crippen molar-refractivity contribution in [2.75, 3.05) is 19.7 Å². The summed E-state index contributed by atoms with van der Waals surface area (Å²) < 4.78 is 5.80. The molecule has 1 N–H and O–H groups in total. The zero-order valence-electron chi connectivity index (χ0n) is 19.3. The third-order valence-corrected chi connectivity index (χ3v) is 5.95. The fraction of sp³-hybridized carbons (Fsp3) is 0.481. The molecule has 0 spiro atoms. The summed E-state index contributed by atoms with van der Waals surface area (Å²) in [6.07, 6.45) is 10.2. The topological polar surface area (TPSA) is 58.6 Å². The number of benzene rings is 2. The number of carbonyl (C=O) groups is 2. The van der Waals surface area contributed by atoms with Crippen LogP contribution >= 0.6 is 0 Å². The highest BCUT2D eigenvalue weighted by Gasteiger charge is 2.26. The van der Waals surface area contributed by atoms with E-state index in [1.165, 1.54) is 44.9 Å². The molecule has 0 bridgehead atoms. The molecule has 0 aromatic heterocycles. The van der Waals surface area contributed by atoms with Crippen LogP contribution in [0.4, 0.5) is 0 Å². The summed E-state index contributed by atoms with van der Waals surface area (Å²) >= 11 is 0. The lowest BCUT2D eigenvalue weighted by molar-refractivity contribution is 0.0770. The van der Waals surface area contributed by atoms with Gasteiger partial charge in [-0.1, -0.05) is 70.1 Å². The van der Waals surface area contributed by atoms with Gasteiger partial charge in [0.1, 0.15) is 5.75 Å². The third kappa shape index (κ3) is 7.11. The minimum atomic E-state index is -0.135. The summed E-state index contributed by atoms with van der Waals surface area (Å²) in [7, 11) is 0. The molecular weight excluding hydrogens is 400 g/mol. The summed E-state index contributed by atoms with van der Waals surface area (Å²) in [6.45, 7) is 4.49. The largest absolute Gasteiger partial charge is 0.494 e. The number of nitrogens with zero attached hydrogens (tertiary/aromatic N) is 1. The van der Waals surface area contributed by atoms with Gasteiger partial charge in [0.2, 0.25) is 0 Å². The van der Waals surface area contributed by atoms with Crippen LogP contribution < -0.4 is 10.1 Å². The molecule has 2 amide bonds. The van der Waals surface area contributed by atoms with Crippen LogP contribution in [0.3, 0.4) is 0 Å². The van der Waals surface area contributed by atoms with E-state index in [4.69, 9.17) is 4.74 Å². The molecule has 1 aliphatic heterocycles. The Labute approximate surface area is 192 Å². The van der Waals surface area contributed by atoms with Gasteiger partial charge in [-0.25, -0.2) is 0 Å². The molecule has 0 aliphatic carbocycles. The predicted octanol–water partition coefficient (Wildman–Crippen LogP) is 5.59.